The Balaban J connectivity index is 1.72. The van der Waals surface area contributed by atoms with Crippen molar-refractivity contribution in [2.24, 2.45) is 0 Å². The Bertz CT molecular complexity index is 487. The molecular formula is C19H31N3O2. The Kier molecular flexibility index (Phi) is 7.69. The van der Waals surface area contributed by atoms with Gasteiger partial charge in [-0.3, -0.25) is 14.6 Å². The molecule has 2 unspecified atom stereocenters. The zero-order chi connectivity index (χ0) is 17.4. The van der Waals surface area contributed by atoms with Crippen molar-refractivity contribution in [3.8, 4) is 0 Å². The minimum atomic E-state index is -0.0717. The fourth-order valence-corrected chi connectivity index (χ4v) is 3.06. The Morgan fingerprint density at radius 2 is 1.83 bits per heavy atom. The van der Waals surface area contributed by atoms with Crippen molar-refractivity contribution >= 4 is 5.91 Å². The molecule has 0 bridgehead atoms. The van der Waals surface area contributed by atoms with Gasteiger partial charge in [-0.25, -0.2) is 0 Å². The molecule has 5 nitrogen and oxygen atoms in total. The van der Waals surface area contributed by atoms with E-state index in [1.54, 1.807) is 7.11 Å². The first kappa shape index (κ1) is 18.9. The third kappa shape index (κ3) is 5.58. The lowest BCUT2D eigenvalue weighted by atomic mass is 10.0. The first-order valence-corrected chi connectivity index (χ1v) is 8.89. The summed E-state index contributed by atoms with van der Waals surface area (Å²) in [4.78, 5) is 17.1. The normalized spacial score (nSPS) is 19.0. The van der Waals surface area contributed by atoms with Crippen molar-refractivity contribution in [1.82, 2.24) is 15.1 Å². The lowest BCUT2D eigenvalue weighted by Crippen LogP contribution is -2.54. The molecule has 0 radical (unpaired) electrons. The summed E-state index contributed by atoms with van der Waals surface area (Å²) in [5, 5.41) is 3.11. The lowest BCUT2D eigenvalue weighted by Gasteiger charge is -2.37. The van der Waals surface area contributed by atoms with E-state index in [0.717, 1.165) is 39.3 Å². The van der Waals surface area contributed by atoms with Gasteiger partial charge in [0, 0.05) is 46.4 Å². The van der Waals surface area contributed by atoms with Crippen LogP contribution in [-0.4, -0.2) is 74.7 Å². The smallest absolute Gasteiger partial charge is 0.237 e. The molecule has 24 heavy (non-hydrogen) atoms. The van der Waals surface area contributed by atoms with Crippen LogP contribution in [0.3, 0.4) is 0 Å². The van der Waals surface area contributed by atoms with Gasteiger partial charge in [-0.1, -0.05) is 37.3 Å². The average Bonchev–Trinajstić information content (AvgIpc) is 2.64. The number of benzene rings is 1. The van der Waals surface area contributed by atoms with Gasteiger partial charge in [0.15, 0.2) is 0 Å². The number of carbonyl (C=O) groups is 1. The van der Waals surface area contributed by atoms with Crippen LogP contribution < -0.4 is 5.32 Å². The van der Waals surface area contributed by atoms with Gasteiger partial charge in [0.2, 0.25) is 5.91 Å². The SMILES string of the molecule is COCCN1CCN(C(C)C(=O)NCC(C)c2ccccc2)CC1. The summed E-state index contributed by atoms with van der Waals surface area (Å²) in [5.74, 6) is 0.455. The summed E-state index contributed by atoms with van der Waals surface area (Å²) in [6.45, 7) is 10.5. The number of hydrogen-bond donors (Lipinski definition) is 1. The Hall–Kier alpha value is -1.43. The van der Waals surface area contributed by atoms with E-state index >= 15 is 0 Å². The van der Waals surface area contributed by atoms with Gasteiger partial charge < -0.3 is 10.1 Å². The number of nitrogens with zero attached hydrogens (tertiary/aromatic N) is 2. The second kappa shape index (κ2) is 9.77. The maximum absolute atomic E-state index is 12.4. The van der Waals surface area contributed by atoms with Crippen molar-refractivity contribution in [2.45, 2.75) is 25.8 Å². The van der Waals surface area contributed by atoms with Crippen LogP contribution in [0.15, 0.2) is 30.3 Å². The summed E-state index contributed by atoms with van der Waals surface area (Å²) >= 11 is 0. The first-order chi connectivity index (χ1) is 11.6. The molecule has 1 saturated heterocycles. The zero-order valence-corrected chi connectivity index (χ0v) is 15.2. The molecular weight excluding hydrogens is 302 g/mol. The minimum absolute atomic E-state index is 0.0717. The van der Waals surface area contributed by atoms with Crippen molar-refractivity contribution in [2.75, 3.05) is 53.0 Å². The average molecular weight is 333 g/mol. The lowest BCUT2D eigenvalue weighted by molar-refractivity contribution is -0.126. The molecule has 0 aromatic heterocycles. The summed E-state index contributed by atoms with van der Waals surface area (Å²) in [6.07, 6.45) is 0. The number of hydrogen-bond acceptors (Lipinski definition) is 4. The Labute approximate surface area is 146 Å². The number of amides is 1. The molecule has 0 aliphatic carbocycles. The summed E-state index contributed by atoms with van der Waals surface area (Å²) in [7, 11) is 1.74. The third-order valence-corrected chi connectivity index (χ3v) is 4.90. The quantitative estimate of drug-likeness (QED) is 0.784. The highest BCUT2D eigenvalue weighted by Crippen LogP contribution is 2.13. The molecule has 1 aliphatic rings. The topological polar surface area (TPSA) is 44.8 Å². The van der Waals surface area contributed by atoms with Gasteiger partial charge in [-0.2, -0.15) is 0 Å². The molecule has 1 fully saturated rings. The molecule has 1 heterocycles. The molecule has 1 aromatic carbocycles. The number of piperazine rings is 1. The largest absolute Gasteiger partial charge is 0.383 e. The summed E-state index contributed by atoms with van der Waals surface area (Å²) in [5.41, 5.74) is 1.26. The Morgan fingerprint density at radius 3 is 2.46 bits per heavy atom. The predicted molar refractivity (Wildman–Crippen MR) is 97.2 cm³/mol. The predicted octanol–water partition coefficient (Wildman–Crippen LogP) is 1.56. The van der Waals surface area contributed by atoms with Crippen LogP contribution >= 0.6 is 0 Å². The number of carbonyl (C=O) groups excluding carboxylic acids is 1. The fourth-order valence-electron chi connectivity index (χ4n) is 3.06. The van der Waals surface area contributed by atoms with E-state index in [-0.39, 0.29) is 11.9 Å². The molecule has 134 valence electrons. The number of methoxy groups -OCH3 is 1. The van der Waals surface area contributed by atoms with E-state index in [9.17, 15) is 4.79 Å². The van der Waals surface area contributed by atoms with Crippen LogP contribution in [0.5, 0.6) is 0 Å². The maximum atomic E-state index is 12.4. The molecule has 2 rings (SSSR count). The molecule has 1 amide bonds. The monoisotopic (exact) mass is 333 g/mol. The fraction of sp³-hybridized carbons (Fsp3) is 0.632. The van der Waals surface area contributed by atoms with Gasteiger partial charge in [0.1, 0.15) is 0 Å². The van der Waals surface area contributed by atoms with Gasteiger partial charge in [-0.15, -0.1) is 0 Å². The highest BCUT2D eigenvalue weighted by Gasteiger charge is 2.25. The molecule has 1 aromatic rings. The first-order valence-electron chi connectivity index (χ1n) is 8.89. The van der Waals surface area contributed by atoms with Crippen molar-refractivity contribution in [1.29, 1.82) is 0 Å². The van der Waals surface area contributed by atoms with Crippen LogP contribution in [0.2, 0.25) is 0 Å². The van der Waals surface area contributed by atoms with Crippen LogP contribution in [-0.2, 0) is 9.53 Å². The van der Waals surface area contributed by atoms with Gasteiger partial charge in [0.05, 0.1) is 12.6 Å². The number of rotatable bonds is 8. The van der Waals surface area contributed by atoms with E-state index in [2.05, 4.69) is 34.2 Å². The Morgan fingerprint density at radius 1 is 1.17 bits per heavy atom. The van der Waals surface area contributed by atoms with Gasteiger partial charge in [0.25, 0.3) is 0 Å². The van der Waals surface area contributed by atoms with Crippen LogP contribution in [0, 0.1) is 0 Å². The van der Waals surface area contributed by atoms with Crippen LogP contribution in [0.1, 0.15) is 25.3 Å². The molecule has 0 saturated carbocycles. The van der Waals surface area contributed by atoms with E-state index in [0.29, 0.717) is 12.5 Å². The highest BCUT2D eigenvalue weighted by atomic mass is 16.5. The van der Waals surface area contributed by atoms with E-state index < -0.39 is 0 Å². The van der Waals surface area contributed by atoms with Crippen LogP contribution in [0.4, 0.5) is 0 Å². The van der Waals surface area contributed by atoms with Gasteiger partial charge >= 0.3 is 0 Å². The summed E-state index contributed by atoms with van der Waals surface area (Å²) in [6, 6.07) is 10.2. The van der Waals surface area contributed by atoms with Crippen molar-refractivity contribution in [3.63, 3.8) is 0 Å². The zero-order valence-electron chi connectivity index (χ0n) is 15.2. The van der Waals surface area contributed by atoms with Crippen molar-refractivity contribution in [3.05, 3.63) is 35.9 Å². The second-order valence-electron chi connectivity index (χ2n) is 6.60. The van der Waals surface area contributed by atoms with E-state index in [4.69, 9.17) is 4.74 Å². The molecule has 1 aliphatic heterocycles. The molecule has 5 heteroatoms. The second-order valence-corrected chi connectivity index (χ2v) is 6.60. The number of ether oxygens (including phenoxy) is 1. The standard InChI is InChI=1S/C19H31N3O2/c1-16(18-7-5-4-6-8-18)15-20-19(23)17(2)22-11-9-21(10-12-22)13-14-24-3/h4-8,16-17H,9-15H2,1-3H3,(H,20,23). The van der Waals surface area contributed by atoms with Crippen LogP contribution in [0.25, 0.3) is 0 Å². The van der Waals surface area contributed by atoms with E-state index in [1.165, 1.54) is 5.56 Å². The number of nitrogens with one attached hydrogen (secondary N) is 1. The highest BCUT2D eigenvalue weighted by molar-refractivity contribution is 5.81. The molecule has 0 spiro atoms. The molecule has 2 atom stereocenters. The maximum Gasteiger partial charge on any atom is 0.237 e. The van der Waals surface area contributed by atoms with Crippen molar-refractivity contribution < 1.29 is 9.53 Å². The summed E-state index contributed by atoms with van der Waals surface area (Å²) < 4.78 is 5.13. The van der Waals surface area contributed by atoms with E-state index in [1.807, 2.05) is 25.1 Å². The third-order valence-electron chi connectivity index (χ3n) is 4.90. The minimum Gasteiger partial charge on any atom is -0.383 e. The van der Waals surface area contributed by atoms with Gasteiger partial charge in [-0.05, 0) is 18.4 Å². The molecule has 1 N–H and O–H groups in total.